The molecule has 2 saturated heterocycles. The summed E-state index contributed by atoms with van der Waals surface area (Å²) in [5.41, 5.74) is 8.37. The highest BCUT2D eigenvalue weighted by molar-refractivity contribution is 5.95. The van der Waals surface area contributed by atoms with Crippen LogP contribution in [0.15, 0.2) is 91.0 Å². The predicted molar refractivity (Wildman–Crippen MR) is 204 cm³/mol. The molecular formula is C41H51N7O6. The zero-order valence-corrected chi connectivity index (χ0v) is 30.4. The lowest BCUT2D eigenvalue weighted by Gasteiger charge is -2.39. The van der Waals surface area contributed by atoms with Crippen LogP contribution in [0, 0.1) is 11.3 Å². The maximum absolute atomic E-state index is 14.3. The zero-order chi connectivity index (χ0) is 38.5. The molecule has 2 fully saturated rings. The monoisotopic (exact) mass is 737 g/mol. The molecule has 0 spiro atoms. The molecule has 4 unspecified atom stereocenters. The molecule has 2 aliphatic rings. The first-order valence-electron chi connectivity index (χ1n) is 18.7. The average molecular weight is 738 g/mol. The topological polar surface area (TPSA) is 207 Å². The molecule has 13 nitrogen and oxygen atoms in total. The second-order valence-electron chi connectivity index (χ2n) is 14.2. The van der Waals surface area contributed by atoms with Crippen molar-refractivity contribution in [2.24, 2.45) is 11.7 Å². The fraction of sp³-hybridized carbons (Fsp3) is 0.415. The van der Waals surface area contributed by atoms with Gasteiger partial charge in [-0.25, -0.2) is 0 Å². The molecule has 3 aromatic carbocycles. The summed E-state index contributed by atoms with van der Waals surface area (Å²) in [6.45, 7) is 0.279. The number of nitrogens with zero attached hydrogens (tertiary/aromatic N) is 1. The molecule has 0 aromatic heterocycles. The predicted octanol–water partition coefficient (Wildman–Crippen LogP) is 2.68. The minimum atomic E-state index is -1.06. The van der Waals surface area contributed by atoms with Crippen molar-refractivity contribution in [2.45, 2.75) is 94.4 Å². The number of amides is 4. The van der Waals surface area contributed by atoms with Crippen LogP contribution in [0.25, 0.3) is 0 Å². The number of benzene rings is 3. The van der Waals surface area contributed by atoms with Gasteiger partial charge < -0.3 is 37.0 Å². The molecule has 0 radical (unpaired) electrons. The molecule has 5 rings (SSSR count). The van der Waals surface area contributed by atoms with Gasteiger partial charge in [0, 0.05) is 18.6 Å². The fourth-order valence-electron chi connectivity index (χ4n) is 7.67. The van der Waals surface area contributed by atoms with Gasteiger partial charge in [0.1, 0.15) is 18.1 Å². The third kappa shape index (κ3) is 11.4. The number of hydrogen-bond donors (Lipinski definition) is 7. The normalized spacial score (nSPS) is 20.2. The van der Waals surface area contributed by atoms with E-state index < -0.39 is 42.0 Å². The van der Waals surface area contributed by atoms with E-state index in [2.05, 4.69) is 21.3 Å². The molecule has 286 valence electrons. The summed E-state index contributed by atoms with van der Waals surface area (Å²) in [4.78, 5) is 68.8. The molecule has 2 aliphatic heterocycles. The van der Waals surface area contributed by atoms with Gasteiger partial charge >= 0.3 is 5.97 Å². The number of hydrogen-bond acceptors (Lipinski definition) is 6. The van der Waals surface area contributed by atoms with Crippen LogP contribution in [0.4, 0.5) is 0 Å². The molecule has 4 amide bonds. The lowest BCUT2D eigenvalue weighted by molar-refractivity contribution is -0.147. The van der Waals surface area contributed by atoms with E-state index in [4.69, 9.17) is 11.1 Å². The van der Waals surface area contributed by atoms with Crippen molar-refractivity contribution in [3.05, 3.63) is 108 Å². The van der Waals surface area contributed by atoms with Crippen molar-refractivity contribution in [1.29, 1.82) is 5.41 Å². The molecule has 0 aliphatic carbocycles. The quantitative estimate of drug-likeness (QED) is 0.0586. The van der Waals surface area contributed by atoms with Crippen molar-refractivity contribution in [3.8, 4) is 0 Å². The summed E-state index contributed by atoms with van der Waals surface area (Å²) >= 11 is 0. The maximum Gasteiger partial charge on any atom is 0.305 e. The molecule has 8 N–H and O–H groups in total. The van der Waals surface area contributed by atoms with E-state index in [1.54, 1.807) is 4.90 Å². The fourth-order valence-corrected chi connectivity index (χ4v) is 7.67. The van der Waals surface area contributed by atoms with Gasteiger partial charge in [-0.05, 0) is 74.0 Å². The Morgan fingerprint density at radius 1 is 0.852 bits per heavy atom. The van der Waals surface area contributed by atoms with Crippen molar-refractivity contribution in [3.63, 3.8) is 0 Å². The van der Waals surface area contributed by atoms with Gasteiger partial charge in [-0.2, -0.15) is 0 Å². The SMILES string of the molecule is N=C(N)NCCCC(NC(=O)[C@@H]1CC(Cc2ccccc2)C2CCC(NC(=O)Cc3ccccc3)C(=O)N21)C(=O)N[C@H](CCc1ccccc1)CC(=O)O. The van der Waals surface area contributed by atoms with Gasteiger partial charge in [0.2, 0.25) is 23.6 Å². The number of aryl methyl sites for hydroxylation is 1. The lowest BCUT2D eigenvalue weighted by atomic mass is 9.86. The van der Waals surface area contributed by atoms with Gasteiger partial charge in [-0.1, -0.05) is 91.0 Å². The van der Waals surface area contributed by atoms with Crippen molar-refractivity contribution < 1.29 is 29.1 Å². The largest absolute Gasteiger partial charge is 0.481 e. The highest BCUT2D eigenvalue weighted by Gasteiger charge is 2.51. The van der Waals surface area contributed by atoms with Gasteiger partial charge in [-0.3, -0.25) is 29.4 Å². The van der Waals surface area contributed by atoms with Gasteiger partial charge in [-0.15, -0.1) is 0 Å². The van der Waals surface area contributed by atoms with Gasteiger partial charge in [0.05, 0.1) is 12.8 Å². The van der Waals surface area contributed by atoms with Crippen LogP contribution in [0.2, 0.25) is 0 Å². The number of carboxylic acid groups (broad SMARTS) is 1. The minimum absolute atomic E-state index is 0.0296. The Balaban J connectivity index is 1.33. The first-order valence-corrected chi connectivity index (χ1v) is 18.7. The summed E-state index contributed by atoms with van der Waals surface area (Å²) in [5, 5.41) is 28.5. The van der Waals surface area contributed by atoms with Gasteiger partial charge in [0.25, 0.3) is 0 Å². The Morgan fingerprint density at radius 2 is 1.48 bits per heavy atom. The van der Waals surface area contributed by atoms with Crippen LogP contribution < -0.4 is 27.0 Å². The Kier molecular flexibility index (Phi) is 14.2. The summed E-state index contributed by atoms with van der Waals surface area (Å²) in [6.07, 6.45) is 3.37. The number of nitrogens with two attached hydrogens (primary N) is 1. The number of carboxylic acids is 1. The number of aliphatic carboxylic acids is 1. The number of carbonyl (C=O) groups excluding carboxylic acids is 4. The third-order valence-corrected chi connectivity index (χ3v) is 10.3. The van der Waals surface area contributed by atoms with Crippen LogP contribution in [-0.2, 0) is 43.2 Å². The smallest absolute Gasteiger partial charge is 0.305 e. The Morgan fingerprint density at radius 3 is 2.11 bits per heavy atom. The Labute approximate surface area is 316 Å². The highest BCUT2D eigenvalue weighted by Crippen LogP contribution is 2.39. The number of piperidine rings is 1. The van der Waals surface area contributed by atoms with E-state index in [0.717, 1.165) is 16.7 Å². The molecule has 6 atom stereocenters. The first-order chi connectivity index (χ1) is 26.1. The first kappa shape index (κ1) is 39.5. The second kappa shape index (κ2) is 19.4. The number of nitrogens with one attached hydrogen (secondary N) is 5. The third-order valence-electron chi connectivity index (χ3n) is 10.3. The van der Waals surface area contributed by atoms with E-state index >= 15 is 0 Å². The number of carbonyl (C=O) groups is 5. The molecule has 3 aromatic rings. The number of guanidine groups is 1. The van der Waals surface area contributed by atoms with E-state index in [-0.39, 0.29) is 55.5 Å². The number of fused-ring (bicyclic) bond motifs is 1. The van der Waals surface area contributed by atoms with Crippen LogP contribution >= 0.6 is 0 Å². The summed E-state index contributed by atoms with van der Waals surface area (Å²) < 4.78 is 0. The van der Waals surface area contributed by atoms with E-state index in [1.165, 1.54) is 0 Å². The molecule has 0 saturated carbocycles. The van der Waals surface area contributed by atoms with Crippen LogP contribution in [0.1, 0.15) is 61.6 Å². The zero-order valence-electron chi connectivity index (χ0n) is 30.4. The minimum Gasteiger partial charge on any atom is -0.481 e. The van der Waals surface area contributed by atoms with Crippen molar-refractivity contribution in [2.75, 3.05) is 6.54 Å². The average Bonchev–Trinajstić information content (AvgIpc) is 3.52. The van der Waals surface area contributed by atoms with Crippen LogP contribution in [-0.4, -0.2) is 82.3 Å². The summed E-state index contributed by atoms with van der Waals surface area (Å²) in [6, 6.07) is 25.1. The number of rotatable bonds is 18. The summed E-state index contributed by atoms with van der Waals surface area (Å²) in [7, 11) is 0. The van der Waals surface area contributed by atoms with Crippen LogP contribution in [0.3, 0.4) is 0 Å². The van der Waals surface area contributed by atoms with Crippen molar-refractivity contribution in [1.82, 2.24) is 26.2 Å². The maximum atomic E-state index is 14.3. The standard InChI is InChI=1S/C41H51N7O6/c42-41(43)44-22-10-17-32(38(52)45-31(26-37(50)51)19-18-27-11-4-1-5-12-27)47-39(53)35-25-30(23-28-13-6-2-7-14-28)34-21-20-33(40(54)48(34)35)46-36(49)24-29-15-8-3-9-16-29/h1-9,11-16,30-35H,10,17-26H2,(H,45,52)(H,46,49)(H,47,53)(H,50,51)(H4,42,43,44)/t30?,31-,32?,33?,34?,35+/m1/s1. The Bertz CT molecular complexity index is 1740. The lowest BCUT2D eigenvalue weighted by Crippen LogP contribution is -2.60. The molecule has 13 heteroatoms. The van der Waals surface area contributed by atoms with Crippen molar-refractivity contribution >= 4 is 35.6 Å². The molecule has 54 heavy (non-hydrogen) atoms. The molecular weight excluding hydrogens is 686 g/mol. The van der Waals surface area contributed by atoms with E-state index in [9.17, 15) is 29.1 Å². The summed E-state index contributed by atoms with van der Waals surface area (Å²) in [5.74, 6) is -2.93. The molecule has 2 heterocycles. The van der Waals surface area contributed by atoms with Gasteiger partial charge in [0.15, 0.2) is 5.96 Å². The molecule has 0 bridgehead atoms. The Hall–Kier alpha value is -5.72. The second-order valence-corrected chi connectivity index (χ2v) is 14.2. The highest BCUT2D eigenvalue weighted by atomic mass is 16.4. The van der Waals surface area contributed by atoms with Crippen LogP contribution in [0.5, 0.6) is 0 Å². The van der Waals surface area contributed by atoms with E-state index in [1.807, 2.05) is 91.0 Å². The van der Waals surface area contributed by atoms with E-state index in [0.29, 0.717) is 44.9 Å².